The first-order valence-electron chi connectivity index (χ1n) is 6.44. The smallest absolute Gasteiger partial charge is 0.0388 e. The lowest BCUT2D eigenvalue weighted by molar-refractivity contribution is 0.229. The summed E-state index contributed by atoms with van der Waals surface area (Å²) in [6, 6.07) is 5.61. The van der Waals surface area contributed by atoms with Crippen LogP contribution in [-0.2, 0) is 0 Å². The number of nitrogens with one attached hydrogen (secondary N) is 1. The minimum atomic E-state index is 0.516. The molecule has 0 aliphatic heterocycles. The third-order valence-corrected chi connectivity index (χ3v) is 4.69. The van der Waals surface area contributed by atoms with Crippen molar-refractivity contribution < 1.29 is 0 Å². The Balaban J connectivity index is 1.89. The summed E-state index contributed by atoms with van der Waals surface area (Å²) in [7, 11) is 0. The molecule has 1 heterocycles. The van der Waals surface area contributed by atoms with Gasteiger partial charge in [-0.05, 0) is 49.5 Å². The van der Waals surface area contributed by atoms with E-state index in [-0.39, 0.29) is 0 Å². The molecule has 2 heteroatoms. The summed E-state index contributed by atoms with van der Waals surface area (Å²) in [5.74, 6) is 1.77. The van der Waals surface area contributed by atoms with Crippen LogP contribution in [0.3, 0.4) is 0 Å². The standard InChI is InChI=1S/C14H23NS/c1-10-7-11(2)9-13(8-10)15-12(3)14-5-4-6-16-14/h4-6,10-13,15H,7-9H2,1-3H3. The van der Waals surface area contributed by atoms with Gasteiger partial charge in [-0.2, -0.15) is 0 Å². The summed E-state index contributed by atoms with van der Waals surface area (Å²) in [6.45, 7) is 7.07. The molecule has 1 fully saturated rings. The summed E-state index contributed by atoms with van der Waals surface area (Å²) in [4.78, 5) is 1.46. The number of rotatable bonds is 3. The molecule has 0 radical (unpaired) electrons. The SMILES string of the molecule is CC1CC(C)CC(NC(C)c2cccs2)C1. The first-order chi connectivity index (χ1) is 7.65. The van der Waals surface area contributed by atoms with Crippen LogP contribution in [-0.4, -0.2) is 6.04 Å². The largest absolute Gasteiger partial charge is 0.307 e. The Morgan fingerprint density at radius 2 is 1.94 bits per heavy atom. The Morgan fingerprint density at radius 1 is 1.25 bits per heavy atom. The topological polar surface area (TPSA) is 12.0 Å². The summed E-state index contributed by atoms with van der Waals surface area (Å²) >= 11 is 1.86. The van der Waals surface area contributed by atoms with Gasteiger partial charge in [-0.15, -0.1) is 11.3 Å². The first kappa shape index (κ1) is 12.1. The third kappa shape index (κ3) is 3.08. The zero-order valence-electron chi connectivity index (χ0n) is 10.6. The molecule has 0 aromatic carbocycles. The average molecular weight is 237 g/mol. The van der Waals surface area contributed by atoms with Crippen molar-refractivity contribution in [1.82, 2.24) is 5.32 Å². The molecule has 1 N–H and O–H groups in total. The Hall–Kier alpha value is -0.340. The maximum absolute atomic E-state index is 3.79. The Bertz CT molecular complexity index is 297. The van der Waals surface area contributed by atoms with Gasteiger partial charge in [0.25, 0.3) is 0 Å². The van der Waals surface area contributed by atoms with Crippen LogP contribution in [0.4, 0.5) is 0 Å². The van der Waals surface area contributed by atoms with E-state index in [1.807, 2.05) is 11.3 Å². The molecule has 2 rings (SSSR count). The van der Waals surface area contributed by atoms with Gasteiger partial charge in [-0.1, -0.05) is 19.9 Å². The van der Waals surface area contributed by atoms with Gasteiger partial charge in [0.2, 0.25) is 0 Å². The van der Waals surface area contributed by atoms with Crippen LogP contribution in [0.15, 0.2) is 17.5 Å². The predicted octanol–water partition coefficient (Wildman–Crippen LogP) is 4.22. The lowest BCUT2D eigenvalue weighted by atomic mass is 9.80. The monoisotopic (exact) mass is 237 g/mol. The first-order valence-corrected chi connectivity index (χ1v) is 7.32. The molecule has 90 valence electrons. The molecule has 1 aliphatic carbocycles. The molecule has 1 nitrogen and oxygen atoms in total. The maximum Gasteiger partial charge on any atom is 0.0388 e. The van der Waals surface area contributed by atoms with Crippen LogP contribution in [0, 0.1) is 11.8 Å². The molecular formula is C14H23NS. The molecule has 1 aromatic rings. The Kier molecular flexibility index (Phi) is 4.04. The second-order valence-electron chi connectivity index (χ2n) is 5.52. The van der Waals surface area contributed by atoms with E-state index in [1.165, 1.54) is 24.1 Å². The van der Waals surface area contributed by atoms with Crippen molar-refractivity contribution >= 4 is 11.3 Å². The number of hydrogen-bond donors (Lipinski definition) is 1. The second-order valence-corrected chi connectivity index (χ2v) is 6.50. The molecular weight excluding hydrogens is 214 g/mol. The van der Waals surface area contributed by atoms with Crippen LogP contribution >= 0.6 is 11.3 Å². The minimum Gasteiger partial charge on any atom is -0.307 e. The van der Waals surface area contributed by atoms with Crippen molar-refractivity contribution in [1.29, 1.82) is 0 Å². The van der Waals surface area contributed by atoms with Crippen LogP contribution in [0.5, 0.6) is 0 Å². The molecule has 16 heavy (non-hydrogen) atoms. The molecule has 0 spiro atoms. The van der Waals surface area contributed by atoms with Crippen LogP contribution < -0.4 is 5.32 Å². The van der Waals surface area contributed by atoms with E-state index in [4.69, 9.17) is 0 Å². The van der Waals surface area contributed by atoms with Crippen molar-refractivity contribution in [2.45, 2.75) is 52.1 Å². The Labute approximate surface area is 103 Å². The minimum absolute atomic E-state index is 0.516. The molecule has 0 amide bonds. The lowest BCUT2D eigenvalue weighted by Crippen LogP contribution is -2.37. The van der Waals surface area contributed by atoms with Crippen molar-refractivity contribution in [3.05, 3.63) is 22.4 Å². The van der Waals surface area contributed by atoms with Crippen molar-refractivity contribution in [3.63, 3.8) is 0 Å². The van der Waals surface area contributed by atoms with Crippen molar-refractivity contribution in [2.75, 3.05) is 0 Å². The van der Waals surface area contributed by atoms with E-state index in [1.54, 1.807) is 0 Å². The molecule has 0 bridgehead atoms. The van der Waals surface area contributed by atoms with Gasteiger partial charge in [-0.25, -0.2) is 0 Å². The summed E-state index contributed by atoms with van der Waals surface area (Å²) in [6.07, 6.45) is 4.10. The van der Waals surface area contributed by atoms with Crippen LogP contribution in [0.2, 0.25) is 0 Å². The molecule has 0 saturated heterocycles. The van der Waals surface area contributed by atoms with E-state index in [9.17, 15) is 0 Å². The zero-order chi connectivity index (χ0) is 11.5. The van der Waals surface area contributed by atoms with E-state index in [2.05, 4.69) is 43.6 Å². The van der Waals surface area contributed by atoms with Gasteiger partial charge in [0.15, 0.2) is 0 Å². The maximum atomic E-state index is 3.79. The average Bonchev–Trinajstić information content (AvgIpc) is 2.68. The van der Waals surface area contributed by atoms with E-state index >= 15 is 0 Å². The predicted molar refractivity (Wildman–Crippen MR) is 71.8 cm³/mol. The van der Waals surface area contributed by atoms with E-state index in [0.29, 0.717) is 6.04 Å². The number of thiophene rings is 1. The highest BCUT2D eigenvalue weighted by Gasteiger charge is 2.24. The highest BCUT2D eigenvalue weighted by atomic mass is 32.1. The highest BCUT2D eigenvalue weighted by Crippen LogP contribution is 2.30. The Morgan fingerprint density at radius 3 is 2.50 bits per heavy atom. The van der Waals surface area contributed by atoms with Gasteiger partial charge < -0.3 is 5.32 Å². The molecule has 3 unspecified atom stereocenters. The van der Waals surface area contributed by atoms with Crippen molar-refractivity contribution in [2.24, 2.45) is 11.8 Å². The van der Waals surface area contributed by atoms with Gasteiger partial charge >= 0.3 is 0 Å². The van der Waals surface area contributed by atoms with Crippen LogP contribution in [0.25, 0.3) is 0 Å². The number of hydrogen-bond acceptors (Lipinski definition) is 2. The summed E-state index contributed by atoms with van der Waals surface area (Å²) in [5.41, 5.74) is 0. The zero-order valence-corrected chi connectivity index (χ0v) is 11.4. The lowest BCUT2D eigenvalue weighted by Gasteiger charge is -2.33. The van der Waals surface area contributed by atoms with Crippen LogP contribution in [0.1, 0.15) is 51.0 Å². The van der Waals surface area contributed by atoms with Gasteiger partial charge in [0.1, 0.15) is 0 Å². The molecule has 3 atom stereocenters. The highest BCUT2D eigenvalue weighted by molar-refractivity contribution is 7.10. The summed E-state index contributed by atoms with van der Waals surface area (Å²) in [5, 5.41) is 5.96. The molecule has 1 saturated carbocycles. The summed E-state index contributed by atoms with van der Waals surface area (Å²) < 4.78 is 0. The van der Waals surface area contributed by atoms with E-state index < -0.39 is 0 Å². The fourth-order valence-corrected chi connectivity index (χ4v) is 3.80. The normalized spacial score (nSPS) is 32.6. The van der Waals surface area contributed by atoms with E-state index in [0.717, 1.165) is 17.9 Å². The molecule has 1 aromatic heterocycles. The fraction of sp³-hybridized carbons (Fsp3) is 0.714. The van der Waals surface area contributed by atoms with Gasteiger partial charge in [0.05, 0.1) is 0 Å². The van der Waals surface area contributed by atoms with Gasteiger partial charge in [-0.3, -0.25) is 0 Å². The second kappa shape index (κ2) is 5.33. The van der Waals surface area contributed by atoms with Gasteiger partial charge in [0, 0.05) is 17.0 Å². The fourth-order valence-electron chi connectivity index (χ4n) is 3.06. The molecule has 1 aliphatic rings. The third-order valence-electron chi connectivity index (χ3n) is 3.63. The van der Waals surface area contributed by atoms with Crippen molar-refractivity contribution in [3.8, 4) is 0 Å². The quantitative estimate of drug-likeness (QED) is 0.830.